The lowest BCUT2D eigenvalue weighted by Gasteiger charge is -2.37. The molecule has 4 heteroatoms. The van der Waals surface area contributed by atoms with Gasteiger partial charge in [-0.3, -0.25) is 4.79 Å². The maximum atomic E-state index is 11.0. The number of ether oxygens (including phenoxy) is 1. The number of benzene rings is 1. The lowest BCUT2D eigenvalue weighted by atomic mass is 9.86. The number of carboxylic acid groups (broad SMARTS) is 1. The molecule has 4 nitrogen and oxygen atoms in total. The standard InChI is InChI=1S/C12H15NO3/c14-11(15)12(8-16-9-12)7-13-6-10-4-2-1-3-5-10/h1-5,13H,6-9H2,(H,14,15). The molecule has 0 saturated carbocycles. The van der Waals surface area contributed by atoms with Gasteiger partial charge in [0.1, 0.15) is 5.41 Å². The highest BCUT2D eigenvalue weighted by Crippen LogP contribution is 2.26. The number of hydrogen-bond donors (Lipinski definition) is 2. The highest BCUT2D eigenvalue weighted by Gasteiger charge is 2.45. The van der Waals surface area contributed by atoms with Gasteiger partial charge in [0, 0.05) is 13.1 Å². The van der Waals surface area contributed by atoms with Gasteiger partial charge in [-0.25, -0.2) is 0 Å². The summed E-state index contributed by atoms with van der Waals surface area (Å²) in [5, 5.41) is 12.2. The largest absolute Gasteiger partial charge is 0.481 e. The maximum Gasteiger partial charge on any atom is 0.315 e. The Hall–Kier alpha value is -1.39. The molecule has 1 aliphatic rings. The summed E-state index contributed by atoms with van der Waals surface area (Å²) in [7, 11) is 0. The molecule has 1 heterocycles. The Balaban J connectivity index is 1.82. The number of nitrogens with one attached hydrogen (secondary N) is 1. The van der Waals surface area contributed by atoms with Crippen molar-refractivity contribution in [2.45, 2.75) is 6.54 Å². The van der Waals surface area contributed by atoms with Crippen LogP contribution in [-0.4, -0.2) is 30.8 Å². The van der Waals surface area contributed by atoms with E-state index in [4.69, 9.17) is 9.84 Å². The van der Waals surface area contributed by atoms with E-state index >= 15 is 0 Å². The first-order valence-corrected chi connectivity index (χ1v) is 5.29. The second-order valence-electron chi connectivity index (χ2n) is 4.17. The van der Waals surface area contributed by atoms with E-state index in [1.54, 1.807) is 0 Å². The molecule has 1 saturated heterocycles. The Morgan fingerprint density at radius 3 is 2.56 bits per heavy atom. The number of carboxylic acids is 1. The van der Waals surface area contributed by atoms with Crippen molar-refractivity contribution in [3.8, 4) is 0 Å². The summed E-state index contributed by atoms with van der Waals surface area (Å²) >= 11 is 0. The third kappa shape index (κ3) is 2.23. The lowest BCUT2D eigenvalue weighted by molar-refractivity contribution is -0.178. The van der Waals surface area contributed by atoms with Crippen LogP contribution in [0.5, 0.6) is 0 Å². The fourth-order valence-electron chi connectivity index (χ4n) is 1.69. The minimum absolute atomic E-state index is 0.310. The summed E-state index contributed by atoms with van der Waals surface area (Å²) < 4.78 is 4.98. The summed E-state index contributed by atoms with van der Waals surface area (Å²) in [5.74, 6) is -0.778. The Labute approximate surface area is 94.2 Å². The predicted octanol–water partition coefficient (Wildman–Crippen LogP) is 0.877. The molecule has 0 bridgehead atoms. The molecule has 0 aliphatic carbocycles. The molecule has 0 amide bonds. The molecule has 1 fully saturated rings. The van der Waals surface area contributed by atoms with Gasteiger partial charge < -0.3 is 15.2 Å². The van der Waals surface area contributed by atoms with Crippen molar-refractivity contribution >= 4 is 5.97 Å². The third-order valence-corrected chi connectivity index (χ3v) is 2.85. The first kappa shape index (κ1) is 11.1. The highest BCUT2D eigenvalue weighted by molar-refractivity contribution is 5.76. The molecule has 0 aromatic heterocycles. The zero-order chi connectivity index (χ0) is 11.4. The van der Waals surface area contributed by atoms with Crippen LogP contribution >= 0.6 is 0 Å². The molecule has 0 spiro atoms. The molecule has 0 radical (unpaired) electrons. The van der Waals surface area contributed by atoms with Crippen LogP contribution in [0.3, 0.4) is 0 Å². The van der Waals surface area contributed by atoms with E-state index in [0.29, 0.717) is 26.3 Å². The fourth-order valence-corrected chi connectivity index (χ4v) is 1.69. The molecular formula is C12H15NO3. The monoisotopic (exact) mass is 221 g/mol. The van der Waals surface area contributed by atoms with E-state index in [-0.39, 0.29) is 0 Å². The first-order chi connectivity index (χ1) is 7.73. The SMILES string of the molecule is O=C(O)C1(CNCc2ccccc2)COC1. The Morgan fingerprint density at radius 2 is 2.06 bits per heavy atom. The highest BCUT2D eigenvalue weighted by atomic mass is 16.5. The van der Waals surface area contributed by atoms with Gasteiger partial charge in [-0.05, 0) is 5.56 Å². The molecule has 1 aliphatic heterocycles. The summed E-state index contributed by atoms with van der Waals surface area (Å²) in [6.45, 7) is 1.77. The number of rotatable bonds is 5. The average molecular weight is 221 g/mol. The van der Waals surface area contributed by atoms with Crippen LogP contribution in [0.1, 0.15) is 5.56 Å². The average Bonchev–Trinajstić information content (AvgIpc) is 2.23. The maximum absolute atomic E-state index is 11.0. The van der Waals surface area contributed by atoms with Crippen molar-refractivity contribution in [1.29, 1.82) is 0 Å². The molecule has 0 unspecified atom stereocenters. The summed E-state index contributed by atoms with van der Waals surface area (Å²) in [4.78, 5) is 11.0. The zero-order valence-electron chi connectivity index (χ0n) is 8.98. The van der Waals surface area contributed by atoms with Gasteiger partial charge in [0.15, 0.2) is 0 Å². The van der Waals surface area contributed by atoms with E-state index in [2.05, 4.69) is 5.32 Å². The van der Waals surface area contributed by atoms with Crippen LogP contribution in [0, 0.1) is 5.41 Å². The van der Waals surface area contributed by atoms with Gasteiger partial charge in [-0.1, -0.05) is 30.3 Å². The third-order valence-electron chi connectivity index (χ3n) is 2.85. The van der Waals surface area contributed by atoms with Gasteiger partial charge in [-0.15, -0.1) is 0 Å². The quantitative estimate of drug-likeness (QED) is 0.775. The number of carbonyl (C=O) groups is 1. The van der Waals surface area contributed by atoms with Crippen LogP contribution in [-0.2, 0) is 16.1 Å². The van der Waals surface area contributed by atoms with E-state index in [0.717, 1.165) is 5.56 Å². The van der Waals surface area contributed by atoms with Crippen molar-refractivity contribution in [2.75, 3.05) is 19.8 Å². The number of aliphatic carboxylic acids is 1. The zero-order valence-corrected chi connectivity index (χ0v) is 8.98. The van der Waals surface area contributed by atoms with Crippen molar-refractivity contribution in [2.24, 2.45) is 5.41 Å². The lowest BCUT2D eigenvalue weighted by Crippen LogP contribution is -2.55. The molecular weight excluding hydrogens is 206 g/mol. The van der Waals surface area contributed by atoms with E-state index < -0.39 is 11.4 Å². The van der Waals surface area contributed by atoms with Crippen LogP contribution in [0.4, 0.5) is 0 Å². The number of hydrogen-bond acceptors (Lipinski definition) is 3. The minimum Gasteiger partial charge on any atom is -0.481 e. The molecule has 1 aromatic carbocycles. The Bertz CT molecular complexity index is 360. The fraction of sp³-hybridized carbons (Fsp3) is 0.417. The van der Waals surface area contributed by atoms with Gasteiger partial charge in [0.2, 0.25) is 0 Å². The minimum atomic E-state index is -0.778. The van der Waals surface area contributed by atoms with Gasteiger partial charge in [0.25, 0.3) is 0 Å². The van der Waals surface area contributed by atoms with Crippen LogP contribution in [0.25, 0.3) is 0 Å². The van der Waals surface area contributed by atoms with Gasteiger partial charge >= 0.3 is 5.97 Å². The molecule has 0 atom stereocenters. The van der Waals surface area contributed by atoms with Gasteiger partial charge in [0.05, 0.1) is 13.2 Å². The van der Waals surface area contributed by atoms with E-state index in [1.807, 2.05) is 30.3 Å². The van der Waals surface area contributed by atoms with Crippen molar-refractivity contribution in [1.82, 2.24) is 5.32 Å². The van der Waals surface area contributed by atoms with Crippen molar-refractivity contribution in [3.05, 3.63) is 35.9 Å². The van der Waals surface area contributed by atoms with Crippen LogP contribution in [0.15, 0.2) is 30.3 Å². The van der Waals surface area contributed by atoms with Crippen molar-refractivity contribution in [3.63, 3.8) is 0 Å². The molecule has 2 rings (SSSR count). The molecule has 16 heavy (non-hydrogen) atoms. The Kier molecular flexibility index (Phi) is 3.22. The topological polar surface area (TPSA) is 58.6 Å². The molecule has 86 valence electrons. The van der Waals surface area contributed by atoms with E-state index in [9.17, 15) is 4.79 Å². The van der Waals surface area contributed by atoms with Crippen molar-refractivity contribution < 1.29 is 14.6 Å². The summed E-state index contributed by atoms with van der Waals surface area (Å²) in [6, 6.07) is 9.92. The van der Waals surface area contributed by atoms with E-state index in [1.165, 1.54) is 0 Å². The predicted molar refractivity (Wildman–Crippen MR) is 59.0 cm³/mol. The second kappa shape index (κ2) is 4.63. The molecule has 1 aromatic rings. The van der Waals surface area contributed by atoms with Gasteiger partial charge in [-0.2, -0.15) is 0 Å². The van der Waals surface area contributed by atoms with Crippen LogP contribution in [0.2, 0.25) is 0 Å². The summed E-state index contributed by atoms with van der Waals surface area (Å²) in [5.41, 5.74) is 0.442. The van der Waals surface area contributed by atoms with Crippen LogP contribution < -0.4 is 5.32 Å². The first-order valence-electron chi connectivity index (χ1n) is 5.29. The normalized spacial score (nSPS) is 17.8. The summed E-state index contributed by atoms with van der Waals surface area (Å²) in [6.07, 6.45) is 0. The smallest absolute Gasteiger partial charge is 0.315 e. The molecule has 2 N–H and O–H groups in total. The second-order valence-corrected chi connectivity index (χ2v) is 4.17. The Morgan fingerprint density at radius 1 is 1.38 bits per heavy atom.